The molecular weight excluding hydrogens is 162 g/mol. The van der Waals surface area contributed by atoms with Gasteiger partial charge >= 0.3 is 0 Å². The van der Waals surface area contributed by atoms with Crippen LogP contribution in [0.4, 0.5) is 0 Å². The summed E-state index contributed by atoms with van der Waals surface area (Å²) in [7, 11) is 0. The highest BCUT2D eigenvalue weighted by Crippen LogP contribution is 2.26. The molecule has 0 aromatic carbocycles. The van der Waals surface area contributed by atoms with Crippen molar-refractivity contribution >= 4 is 0 Å². The van der Waals surface area contributed by atoms with Gasteiger partial charge in [-0.15, -0.1) is 0 Å². The molecule has 0 bridgehead atoms. The molecular formula is C11H25NO. The van der Waals surface area contributed by atoms with Gasteiger partial charge in [-0.25, -0.2) is 0 Å². The van der Waals surface area contributed by atoms with Crippen LogP contribution in [0.1, 0.15) is 47.0 Å². The summed E-state index contributed by atoms with van der Waals surface area (Å²) in [5.74, 6) is 0.436. The van der Waals surface area contributed by atoms with Crippen LogP contribution in [0.15, 0.2) is 0 Å². The van der Waals surface area contributed by atoms with Crippen molar-refractivity contribution in [1.82, 2.24) is 5.32 Å². The zero-order chi connectivity index (χ0) is 10.3. The summed E-state index contributed by atoms with van der Waals surface area (Å²) in [6, 6.07) is 0. The van der Waals surface area contributed by atoms with E-state index in [1.54, 1.807) is 0 Å². The van der Waals surface area contributed by atoms with E-state index in [4.69, 9.17) is 0 Å². The Morgan fingerprint density at radius 3 is 2.15 bits per heavy atom. The van der Waals surface area contributed by atoms with Crippen LogP contribution in [0.5, 0.6) is 0 Å². The first kappa shape index (κ1) is 12.9. The van der Waals surface area contributed by atoms with Crippen molar-refractivity contribution < 1.29 is 5.11 Å². The minimum Gasteiger partial charge on any atom is -0.390 e. The van der Waals surface area contributed by atoms with Gasteiger partial charge in [0.05, 0.1) is 5.60 Å². The highest BCUT2D eigenvalue weighted by Gasteiger charge is 2.28. The largest absolute Gasteiger partial charge is 0.390 e. The molecule has 2 nitrogen and oxygen atoms in total. The maximum atomic E-state index is 10.2. The highest BCUT2D eigenvalue weighted by molar-refractivity contribution is 4.80. The molecule has 0 saturated carbocycles. The molecule has 2 heteroatoms. The van der Waals surface area contributed by atoms with Gasteiger partial charge in [0.25, 0.3) is 0 Å². The van der Waals surface area contributed by atoms with Gasteiger partial charge in [0.1, 0.15) is 0 Å². The van der Waals surface area contributed by atoms with Gasteiger partial charge in [-0.1, -0.05) is 33.6 Å². The molecule has 0 radical (unpaired) electrons. The molecule has 0 heterocycles. The molecule has 0 saturated heterocycles. The summed E-state index contributed by atoms with van der Waals surface area (Å²) in [5.41, 5.74) is -0.494. The lowest BCUT2D eigenvalue weighted by Gasteiger charge is -2.31. The van der Waals surface area contributed by atoms with Gasteiger partial charge in [0, 0.05) is 0 Å². The topological polar surface area (TPSA) is 32.3 Å². The molecule has 0 aliphatic carbocycles. The predicted molar refractivity (Wildman–Crippen MR) is 57.9 cm³/mol. The van der Waals surface area contributed by atoms with E-state index in [0.717, 1.165) is 32.4 Å². The zero-order valence-corrected chi connectivity index (χ0v) is 9.56. The van der Waals surface area contributed by atoms with Crippen LogP contribution in [0.25, 0.3) is 0 Å². The average Bonchev–Trinajstić information content (AvgIpc) is 2.06. The molecule has 0 aliphatic heterocycles. The number of aliphatic hydroxyl groups is 1. The van der Waals surface area contributed by atoms with E-state index in [9.17, 15) is 5.11 Å². The Morgan fingerprint density at radius 1 is 1.23 bits per heavy atom. The fourth-order valence-corrected chi connectivity index (χ4v) is 1.89. The summed E-state index contributed by atoms with van der Waals surface area (Å²) in [6.45, 7) is 10.2. The van der Waals surface area contributed by atoms with E-state index >= 15 is 0 Å². The second-order valence-corrected chi connectivity index (χ2v) is 3.97. The van der Waals surface area contributed by atoms with E-state index in [1.165, 1.54) is 0 Å². The third-order valence-corrected chi connectivity index (χ3v) is 2.92. The van der Waals surface area contributed by atoms with Crippen LogP contribution in [0, 0.1) is 5.92 Å². The second-order valence-electron chi connectivity index (χ2n) is 3.97. The molecule has 0 amide bonds. The lowest BCUT2D eigenvalue weighted by molar-refractivity contribution is -0.0115. The minimum absolute atomic E-state index is 0.436. The van der Waals surface area contributed by atoms with Gasteiger partial charge in [0.15, 0.2) is 0 Å². The Hall–Kier alpha value is -0.0800. The number of hydrogen-bond donors (Lipinski definition) is 2. The molecule has 2 N–H and O–H groups in total. The van der Waals surface area contributed by atoms with Crippen molar-refractivity contribution in [1.29, 1.82) is 0 Å². The molecule has 0 aliphatic rings. The van der Waals surface area contributed by atoms with Crippen molar-refractivity contribution in [2.75, 3.05) is 13.1 Å². The average molecular weight is 187 g/mol. The summed E-state index contributed by atoms with van der Waals surface area (Å²) < 4.78 is 0. The van der Waals surface area contributed by atoms with Crippen molar-refractivity contribution in [2.45, 2.75) is 52.6 Å². The quantitative estimate of drug-likeness (QED) is 0.599. The van der Waals surface area contributed by atoms with Crippen LogP contribution in [0.3, 0.4) is 0 Å². The summed E-state index contributed by atoms with van der Waals surface area (Å²) in [6.07, 6.45) is 2.98. The Morgan fingerprint density at radius 2 is 1.77 bits per heavy atom. The first-order valence-electron chi connectivity index (χ1n) is 5.51. The maximum absolute atomic E-state index is 10.2. The molecule has 0 rings (SSSR count). The standard InChI is InChI=1S/C11H25NO/c1-5-10(6-2)11(4,13)8-9-12-7-3/h10,12-13H,5-9H2,1-4H3. The van der Waals surface area contributed by atoms with E-state index in [0.29, 0.717) is 5.92 Å². The monoisotopic (exact) mass is 187 g/mol. The van der Waals surface area contributed by atoms with Crippen molar-refractivity contribution in [2.24, 2.45) is 5.92 Å². The fraction of sp³-hybridized carbons (Fsp3) is 1.00. The maximum Gasteiger partial charge on any atom is 0.0659 e. The van der Waals surface area contributed by atoms with Gasteiger partial charge in [0.2, 0.25) is 0 Å². The molecule has 0 aromatic heterocycles. The lowest BCUT2D eigenvalue weighted by Crippen LogP contribution is -2.37. The second kappa shape index (κ2) is 6.39. The van der Waals surface area contributed by atoms with Crippen LogP contribution in [-0.4, -0.2) is 23.8 Å². The lowest BCUT2D eigenvalue weighted by atomic mass is 9.82. The van der Waals surface area contributed by atoms with E-state index in [2.05, 4.69) is 26.1 Å². The normalized spacial score (nSPS) is 16.2. The third kappa shape index (κ3) is 4.63. The molecule has 0 fully saturated rings. The van der Waals surface area contributed by atoms with Gasteiger partial charge in [-0.2, -0.15) is 0 Å². The van der Waals surface area contributed by atoms with Crippen molar-refractivity contribution in [3.05, 3.63) is 0 Å². The third-order valence-electron chi connectivity index (χ3n) is 2.92. The summed E-state index contributed by atoms with van der Waals surface area (Å²) in [5, 5.41) is 13.4. The Bertz CT molecular complexity index is 119. The van der Waals surface area contributed by atoms with Gasteiger partial charge < -0.3 is 10.4 Å². The van der Waals surface area contributed by atoms with Crippen LogP contribution < -0.4 is 5.32 Å². The SMILES string of the molecule is CCNCCC(C)(O)C(CC)CC. The first-order chi connectivity index (χ1) is 6.08. The molecule has 1 atom stereocenters. The van der Waals surface area contributed by atoms with Crippen LogP contribution in [0.2, 0.25) is 0 Å². The minimum atomic E-state index is -0.494. The Kier molecular flexibility index (Phi) is 6.35. The highest BCUT2D eigenvalue weighted by atomic mass is 16.3. The Labute approximate surface area is 82.7 Å². The molecule has 0 spiro atoms. The van der Waals surface area contributed by atoms with Gasteiger partial charge in [-0.05, 0) is 32.4 Å². The fourth-order valence-electron chi connectivity index (χ4n) is 1.89. The summed E-state index contributed by atoms with van der Waals surface area (Å²) >= 11 is 0. The van der Waals surface area contributed by atoms with E-state index in [1.807, 2.05) is 6.92 Å². The summed E-state index contributed by atoms with van der Waals surface area (Å²) in [4.78, 5) is 0. The predicted octanol–water partition coefficient (Wildman–Crippen LogP) is 2.17. The van der Waals surface area contributed by atoms with Crippen LogP contribution in [-0.2, 0) is 0 Å². The molecule has 13 heavy (non-hydrogen) atoms. The Balaban J connectivity index is 3.88. The van der Waals surface area contributed by atoms with Gasteiger partial charge in [-0.3, -0.25) is 0 Å². The van der Waals surface area contributed by atoms with E-state index < -0.39 is 5.60 Å². The molecule has 1 unspecified atom stereocenters. The smallest absolute Gasteiger partial charge is 0.0659 e. The van der Waals surface area contributed by atoms with Crippen molar-refractivity contribution in [3.63, 3.8) is 0 Å². The number of rotatable bonds is 7. The molecule has 0 aromatic rings. The first-order valence-corrected chi connectivity index (χ1v) is 5.51. The van der Waals surface area contributed by atoms with Crippen LogP contribution >= 0.6 is 0 Å². The van der Waals surface area contributed by atoms with Crippen molar-refractivity contribution in [3.8, 4) is 0 Å². The number of nitrogens with one attached hydrogen (secondary N) is 1. The number of hydrogen-bond acceptors (Lipinski definition) is 2. The zero-order valence-electron chi connectivity index (χ0n) is 9.56. The molecule has 80 valence electrons. The van der Waals surface area contributed by atoms with E-state index in [-0.39, 0.29) is 0 Å².